The number of likely N-dealkylation sites (N-methyl/N-ethyl adjacent to an activating group) is 1. The lowest BCUT2D eigenvalue weighted by Crippen LogP contribution is -2.43. The van der Waals surface area contributed by atoms with Crippen LogP contribution in [0.5, 0.6) is 5.75 Å². The smallest absolute Gasteiger partial charge is 0.239 e. The third-order valence-corrected chi connectivity index (χ3v) is 3.70. The SMILES string of the molecule is COCCCC(N)C(=O)N(C)C(C)c1ccccc1OC. The fourth-order valence-corrected chi connectivity index (χ4v) is 2.24. The van der Waals surface area contributed by atoms with Crippen LogP contribution >= 0.6 is 0 Å². The molecule has 2 unspecified atom stereocenters. The summed E-state index contributed by atoms with van der Waals surface area (Å²) in [4.78, 5) is 14.0. The Balaban J connectivity index is 2.72. The molecule has 118 valence electrons. The number of hydrogen-bond acceptors (Lipinski definition) is 4. The predicted octanol–water partition coefficient (Wildman–Crippen LogP) is 1.97. The lowest BCUT2D eigenvalue weighted by atomic mass is 10.0. The van der Waals surface area contributed by atoms with E-state index in [9.17, 15) is 4.79 Å². The van der Waals surface area contributed by atoms with Gasteiger partial charge >= 0.3 is 0 Å². The molecule has 0 saturated carbocycles. The maximum absolute atomic E-state index is 12.4. The van der Waals surface area contributed by atoms with Gasteiger partial charge in [-0.1, -0.05) is 18.2 Å². The number of carbonyl (C=O) groups excluding carboxylic acids is 1. The Bertz CT molecular complexity index is 451. The molecule has 0 aliphatic heterocycles. The normalized spacial score (nSPS) is 13.6. The highest BCUT2D eigenvalue weighted by molar-refractivity contribution is 5.81. The van der Waals surface area contributed by atoms with Gasteiger partial charge in [0.2, 0.25) is 5.91 Å². The van der Waals surface area contributed by atoms with E-state index in [-0.39, 0.29) is 11.9 Å². The summed E-state index contributed by atoms with van der Waals surface area (Å²) < 4.78 is 10.3. The van der Waals surface area contributed by atoms with E-state index in [2.05, 4.69) is 0 Å². The van der Waals surface area contributed by atoms with Gasteiger partial charge in [0.05, 0.1) is 19.2 Å². The number of amides is 1. The van der Waals surface area contributed by atoms with Crippen LogP contribution in [0, 0.1) is 0 Å². The van der Waals surface area contributed by atoms with Gasteiger partial charge in [-0.2, -0.15) is 0 Å². The van der Waals surface area contributed by atoms with E-state index in [0.717, 1.165) is 17.7 Å². The van der Waals surface area contributed by atoms with Crippen LogP contribution in [0.15, 0.2) is 24.3 Å². The Morgan fingerprint density at radius 3 is 2.62 bits per heavy atom. The molecule has 0 heterocycles. The van der Waals surface area contributed by atoms with Crippen molar-refractivity contribution < 1.29 is 14.3 Å². The van der Waals surface area contributed by atoms with Crippen molar-refractivity contribution in [2.45, 2.75) is 31.8 Å². The molecule has 0 bridgehead atoms. The van der Waals surface area contributed by atoms with Crippen molar-refractivity contribution in [3.63, 3.8) is 0 Å². The fraction of sp³-hybridized carbons (Fsp3) is 0.562. The molecule has 2 N–H and O–H groups in total. The zero-order valence-electron chi connectivity index (χ0n) is 13.3. The third-order valence-electron chi connectivity index (χ3n) is 3.70. The minimum Gasteiger partial charge on any atom is -0.496 e. The van der Waals surface area contributed by atoms with Crippen molar-refractivity contribution in [3.05, 3.63) is 29.8 Å². The van der Waals surface area contributed by atoms with Crippen molar-refractivity contribution in [1.82, 2.24) is 4.90 Å². The van der Waals surface area contributed by atoms with Gasteiger partial charge in [0.25, 0.3) is 0 Å². The predicted molar refractivity (Wildman–Crippen MR) is 83.3 cm³/mol. The second-order valence-corrected chi connectivity index (χ2v) is 5.11. The van der Waals surface area contributed by atoms with Crippen molar-refractivity contribution in [1.29, 1.82) is 0 Å². The second-order valence-electron chi connectivity index (χ2n) is 5.11. The first-order chi connectivity index (χ1) is 10.0. The zero-order valence-corrected chi connectivity index (χ0v) is 13.3. The summed E-state index contributed by atoms with van der Waals surface area (Å²) in [5.74, 6) is 0.710. The van der Waals surface area contributed by atoms with E-state index in [1.807, 2.05) is 31.2 Å². The van der Waals surface area contributed by atoms with Crippen LogP contribution < -0.4 is 10.5 Å². The highest BCUT2D eigenvalue weighted by atomic mass is 16.5. The summed E-state index contributed by atoms with van der Waals surface area (Å²) in [6.07, 6.45) is 1.40. The first-order valence-electron chi connectivity index (χ1n) is 7.17. The number of benzene rings is 1. The molecule has 5 heteroatoms. The average Bonchev–Trinajstić information content (AvgIpc) is 2.52. The van der Waals surface area contributed by atoms with Crippen molar-refractivity contribution in [3.8, 4) is 5.75 Å². The Hall–Kier alpha value is -1.59. The first-order valence-corrected chi connectivity index (χ1v) is 7.17. The Labute approximate surface area is 127 Å². The van der Waals surface area contributed by atoms with Crippen molar-refractivity contribution >= 4 is 5.91 Å². The standard InChI is InChI=1S/C16H26N2O3/c1-12(13-8-5-6-10-15(13)21-4)18(2)16(19)14(17)9-7-11-20-3/h5-6,8,10,12,14H,7,9,11,17H2,1-4H3. The van der Waals surface area contributed by atoms with Crippen LogP contribution in [0.3, 0.4) is 0 Å². The number of nitrogens with zero attached hydrogens (tertiary/aromatic N) is 1. The Kier molecular flexibility index (Phi) is 7.19. The number of ether oxygens (including phenoxy) is 2. The topological polar surface area (TPSA) is 64.8 Å². The van der Waals surface area contributed by atoms with Crippen LogP contribution in [-0.2, 0) is 9.53 Å². The van der Waals surface area contributed by atoms with Gasteiger partial charge in [-0.25, -0.2) is 0 Å². The summed E-state index contributed by atoms with van der Waals surface area (Å²) in [5.41, 5.74) is 6.94. The molecule has 0 saturated heterocycles. The highest BCUT2D eigenvalue weighted by Crippen LogP contribution is 2.28. The van der Waals surface area contributed by atoms with E-state index in [1.165, 1.54) is 0 Å². The summed E-state index contributed by atoms with van der Waals surface area (Å²) in [5, 5.41) is 0. The van der Waals surface area contributed by atoms with Gasteiger partial charge in [0.15, 0.2) is 0 Å². The second kappa shape index (κ2) is 8.64. The maximum Gasteiger partial charge on any atom is 0.239 e. The summed E-state index contributed by atoms with van der Waals surface area (Å²) >= 11 is 0. The summed E-state index contributed by atoms with van der Waals surface area (Å²) in [6, 6.07) is 7.11. The number of carbonyl (C=O) groups is 1. The Morgan fingerprint density at radius 2 is 2.00 bits per heavy atom. The Morgan fingerprint density at radius 1 is 1.33 bits per heavy atom. The molecule has 1 aromatic rings. The van der Waals surface area contributed by atoms with E-state index < -0.39 is 6.04 Å². The largest absolute Gasteiger partial charge is 0.496 e. The number of methoxy groups -OCH3 is 2. The molecule has 1 aromatic carbocycles. The van der Waals surface area contributed by atoms with E-state index in [0.29, 0.717) is 13.0 Å². The number of rotatable bonds is 8. The molecule has 0 fully saturated rings. The fourth-order valence-electron chi connectivity index (χ4n) is 2.24. The summed E-state index contributed by atoms with van der Waals surface area (Å²) in [6.45, 7) is 2.59. The number of nitrogens with two attached hydrogens (primary N) is 1. The van der Waals surface area contributed by atoms with E-state index >= 15 is 0 Å². The van der Waals surface area contributed by atoms with Gasteiger partial charge in [-0.15, -0.1) is 0 Å². The number of hydrogen-bond donors (Lipinski definition) is 1. The molecule has 0 aliphatic carbocycles. The molecule has 2 atom stereocenters. The van der Waals surface area contributed by atoms with E-state index in [1.54, 1.807) is 26.2 Å². The monoisotopic (exact) mass is 294 g/mol. The van der Waals surface area contributed by atoms with Gasteiger partial charge in [0, 0.05) is 26.3 Å². The number of para-hydroxylation sites is 1. The highest BCUT2D eigenvalue weighted by Gasteiger charge is 2.24. The molecular weight excluding hydrogens is 268 g/mol. The minimum atomic E-state index is -0.498. The lowest BCUT2D eigenvalue weighted by molar-refractivity contribution is -0.133. The molecule has 0 aromatic heterocycles. The van der Waals surface area contributed by atoms with Crippen molar-refractivity contribution in [2.75, 3.05) is 27.9 Å². The van der Waals surface area contributed by atoms with Crippen LogP contribution in [0.25, 0.3) is 0 Å². The van der Waals surface area contributed by atoms with Gasteiger partial charge < -0.3 is 20.1 Å². The summed E-state index contributed by atoms with van der Waals surface area (Å²) in [7, 11) is 5.04. The third kappa shape index (κ3) is 4.72. The van der Waals surface area contributed by atoms with Gasteiger partial charge in [-0.05, 0) is 25.8 Å². The molecule has 0 spiro atoms. The maximum atomic E-state index is 12.4. The average molecular weight is 294 g/mol. The van der Waals surface area contributed by atoms with Crippen LogP contribution in [-0.4, -0.2) is 44.7 Å². The quantitative estimate of drug-likeness (QED) is 0.745. The molecular formula is C16H26N2O3. The van der Waals surface area contributed by atoms with Crippen LogP contribution in [0.1, 0.15) is 31.4 Å². The molecule has 5 nitrogen and oxygen atoms in total. The molecule has 21 heavy (non-hydrogen) atoms. The molecule has 0 radical (unpaired) electrons. The molecule has 1 amide bonds. The van der Waals surface area contributed by atoms with Crippen LogP contribution in [0.4, 0.5) is 0 Å². The first kappa shape index (κ1) is 17.5. The van der Waals surface area contributed by atoms with Gasteiger partial charge in [-0.3, -0.25) is 4.79 Å². The zero-order chi connectivity index (χ0) is 15.8. The molecule has 0 aliphatic rings. The minimum absolute atomic E-state index is 0.0653. The van der Waals surface area contributed by atoms with Crippen molar-refractivity contribution in [2.24, 2.45) is 5.73 Å². The van der Waals surface area contributed by atoms with Gasteiger partial charge in [0.1, 0.15) is 5.75 Å². The lowest BCUT2D eigenvalue weighted by Gasteiger charge is -2.28. The van der Waals surface area contributed by atoms with E-state index in [4.69, 9.17) is 15.2 Å². The molecule has 1 rings (SSSR count). The van der Waals surface area contributed by atoms with Crippen LogP contribution in [0.2, 0.25) is 0 Å².